The molecule has 0 unspecified atom stereocenters. The van der Waals surface area contributed by atoms with Crippen molar-refractivity contribution in [2.75, 3.05) is 27.2 Å². The van der Waals surface area contributed by atoms with Gasteiger partial charge in [-0.2, -0.15) is 0 Å². The number of carbonyl (C=O) groups excluding carboxylic acids is 1. The van der Waals surface area contributed by atoms with E-state index in [0.29, 0.717) is 10.7 Å². The monoisotopic (exact) mass is 338 g/mol. The number of benzene rings is 1. The predicted molar refractivity (Wildman–Crippen MR) is 96.6 cm³/mol. The molecule has 0 saturated carbocycles. The van der Waals surface area contributed by atoms with Crippen LogP contribution in [0.1, 0.15) is 30.6 Å². The Balaban J connectivity index is 2.31. The number of hydrogen-bond donors (Lipinski definition) is 3. The van der Waals surface area contributed by atoms with Crippen molar-refractivity contribution in [1.29, 1.82) is 0 Å². The van der Waals surface area contributed by atoms with Gasteiger partial charge in [-0.15, -0.1) is 0 Å². The summed E-state index contributed by atoms with van der Waals surface area (Å²) < 4.78 is 5.54. The Morgan fingerprint density at radius 3 is 2.43 bits per heavy atom. The van der Waals surface area contributed by atoms with E-state index in [1.54, 1.807) is 24.3 Å². The normalized spacial score (nSPS) is 10.5. The van der Waals surface area contributed by atoms with Gasteiger partial charge >= 0.3 is 0 Å². The highest BCUT2D eigenvalue weighted by Crippen LogP contribution is 2.13. The summed E-state index contributed by atoms with van der Waals surface area (Å²) in [5, 5.41) is 3.43. The van der Waals surface area contributed by atoms with E-state index in [2.05, 4.69) is 21.1 Å². The summed E-state index contributed by atoms with van der Waals surface area (Å²) in [5.41, 5.74) is 5.79. The van der Waals surface area contributed by atoms with E-state index in [1.807, 2.05) is 27.9 Å². The molecule has 23 heavy (non-hydrogen) atoms. The van der Waals surface area contributed by atoms with Gasteiger partial charge in [0.05, 0.1) is 6.10 Å². The second kappa shape index (κ2) is 10.0. The summed E-state index contributed by atoms with van der Waals surface area (Å²) in [5.74, 6) is 0.487. The second-order valence-corrected chi connectivity index (χ2v) is 6.09. The highest BCUT2D eigenvalue weighted by Gasteiger charge is 2.06. The molecule has 128 valence electrons. The minimum Gasteiger partial charge on any atom is -0.491 e. The number of amides is 1. The molecule has 0 aliphatic heterocycles. The van der Waals surface area contributed by atoms with E-state index >= 15 is 0 Å². The smallest absolute Gasteiger partial charge is 0.269 e. The summed E-state index contributed by atoms with van der Waals surface area (Å²) in [6.45, 7) is 5.64. The van der Waals surface area contributed by atoms with Crippen LogP contribution in [0.15, 0.2) is 24.3 Å². The minimum atomic E-state index is -0.251. The Kier molecular flexibility index (Phi) is 8.36. The standard InChI is InChI=1S/C16H26N4O2S/c1-12(2)22-14-8-6-13(7-9-14)15(21)18-19-16(23)17-10-5-11-20(3)4/h6-9,12H,5,10-11H2,1-4H3,(H,18,21)(H2,17,19,23). The molecule has 6 nitrogen and oxygen atoms in total. The lowest BCUT2D eigenvalue weighted by Crippen LogP contribution is -2.47. The number of ether oxygens (including phenoxy) is 1. The third kappa shape index (κ3) is 8.37. The predicted octanol–water partition coefficient (Wildman–Crippen LogP) is 1.53. The molecule has 0 aromatic heterocycles. The Bertz CT molecular complexity index is 503. The number of hydrazine groups is 1. The van der Waals surface area contributed by atoms with Gasteiger partial charge in [0.1, 0.15) is 5.75 Å². The van der Waals surface area contributed by atoms with Crippen LogP contribution in [0, 0.1) is 0 Å². The lowest BCUT2D eigenvalue weighted by atomic mass is 10.2. The van der Waals surface area contributed by atoms with Crippen LogP contribution in [0.4, 0.5) is 0 Å². The van der Waals surface area contributed by atoms with Crippen molar-refractivity contribution >= 4 is 23.2 Å². The van der Waals surface area contributed by atoms with Crippen molar-refractivity contribution in [2.24, 2.45) is 0 Å². The zero-order valence-corrected chi connectivity index (χ0v) is 15.0. The van der Waals surface area contributed by atoms with Crippen molar-refractivity contribution in [1.82, 2.24) is 21.1 Å². The third-order valence-electron chi connectivity index (χ3n) is 2.85. The SMILES string of the molecule is CC(C)Oc1ccc(C(=O)NNC(=S)NCCCN(C)C)cc1. The fourth-order valence-corrected chi connectivity index (χ4v) is 1.94. The van der Waals surface area contributed by atoms with Gasteiger partial charge in [-0.05, 0) is 77.4 Å². The van der Waals surface area contributed by atoms with Crippen LogP contribution in [0.25, 0.3) is 0 Å². The average Bonchev–Trinajstić information content (AvgIpc) is 2.49. The molecule has 0 fully saturated rings. The first kappa shape index (κ1) is 19.2. The van der Waals surface area contributed by atoms with Gasteiger partial charge < -0.3 is 15.0 Å². The van der Waals surface area contributed by atoms with E-state index in [4.69, 9.17) is 17.0 Å². The molecule has 7 heteroatoms. The van der Waals surface area contributed by atoms with E-state index in [1.165, 1.54) is 0 Å². The minimum absolute atomic E-state index is 0.104. The first-order valence-corrected chi connectivity index (χ1v) is 8.05. The number of carbonyl (C=O) groups is 1. The van der Waals surface area contributed by atoms with Crippen LogP contribution in [0.5, 0.6) is 5.75 Å². The van der Waals surface area contributed by atoms with Gasteiger partial charge in [-0.3, -0.25) is 15.6 Å². The first-order chi connectivity index (χ1) is 10.9. The molecular weight excluding hydrogens is 312 g/mol. The molecule has 0 spiro atoms. The highest BCUT2D eigenvalue weighted by atomic mass is 32.1. The second-order valence-electron chi connectivity index (χ2n) is 5.68. The lowest BCUT2D eigenvalue weighted by molar-refractivity contribution is 0.0943. The van der Waals surface area contributed by atoms with Gasteiger partial charge in [0.25, 0.3) is 5.91 Å². The topological polar surface area (TPSA) is 65.6 Å². The molecular formula is C16H26N4O2S. The molecule has 0 saturated heterocycles. The quantitative estimate of drug-likeness (QED) is 0.398. The Morgan fingerprint density at radius 2 is 1.87 bits per heavy atom. The number of thiocarbonyl (C=S) groups is 1. The summed E-state index contributed by atoms with van der Waals surface area (Å²) >= 11 is 5.10. The maximum absolute atomic E-state index is 12.0. The Morgan fingerprint density at radius 1 is 1.22 bits per heavy atom. The lowest BCUT2D eigenvalue weighted by Gasteiger charge is -2.13. The highest BCUT2D eigenvalue weighted by molar-refractivity contribution is 7.80. The summed E-state index contributed by atoms with van der Waals surface area (Å²) in [6.07, 6.45) is 1.08. The first-order valence-electron chi connectivity index (χ1n) is 7.64. The number of nitrogens with zero attached hydrogens (tertiary/aromatic N) is 1. The summed E-state index contributed by atoms with van der Waals surface area (Å²) in [7, 11) is 4.04. The molecule has 1 aromatic rings. The van der Waals surface area contributed by atoms with Crippen LogP contribution < -0.4 is 20.9 Å². The maximum Gasteiger partial charge on any atom is 0.269 e. The van der Waals surface area contributed by atoms with Crippen LogP contribution in [-0.4, -0.2) is 49.2 Å². The molecule has 1 amide bonds. The summed E-state index contributed by atoms with van der Waals surface area (Å²) in [4.78, 5) is 14.1. The van der Waals surface area contributed by atoms with Gasteiger partial charge in [0.15, 0.2) is 5.11 Å². The van der Waals surface area contributed by atoms with Gasteiger partial charge in [-0.1, -0.05) is 0 Å². The van der Waals surface area contributed by atoms with E-state index < -0.39 is 0 Å². The van der Waals surface area contributed by atoms with Crippen LogP contribution in [-0.2, 0) is 0 Å². The van der Waals surface area contributed by atoms with Gasteiger partial charge in [0.2, 0.25) is 0 Å². The van der Waals surface area contributed by atoms with E-state index in [0.717, 1.165) is 25.3 Å². The van der Waals surface area contributed by atoms with Gasteiger partial charge in [-0.25, -0.2) is 0 Å². The van der Waals surface area contributed by atoms with Crippen molar-refractivity contribution in [3.63, 3.8) is 0 Å². The van der Waals surface area contributed by atoms with Crippen molar-refractivity contribution in [2.45, 2.75) is 26.4 Å². The third-order valence-corrected chi connectivity index (χ3v) is 3.09. The molecule has 0 radical (unpaired) electrons. The number of rotatable bonds is 7. The average molecular weight is 338 g/mol. The van der Waals surface area contributed by atoms with Gasteiger partial charge in [0, 0.05) is 12.1 Å². The zero-order valence-electron chi connectivity index (χ0n) is 14.2. The maximum atomic E-state index is 12.0. The molecule has 1 rings (SSSR count). The van der Waals surface area contributed by atoms with Crippen molar-refractivity contribution < 1.29 is 9.53 Å². The molecule has 0 aliphatic carbocycles. The van der Waals surface area contributed by atoms with Crippen molar-refractivity contribution in [3.8, 4) is 5.75 Å². The van der Waals surface area contributed by atoms with Crippen LogP contribution in [0.3, 0.4) is 0 Å². The fraction of sp³-hybridized carbons (Fsp3) is 0.500. The Hall–Kier alpha value is -1.86. The molecule has 0 aliphatic rings. The van der Waals surface area contributed by atoms with E-state index in [9.17, 15) is 4.79 Å². The largest absolute Gasteiger partial charge is 0.491 e. The van der Waals surface area contributed by atoms with Crippen molar-refractivity contribution in [3.05, 3.63) is 29.8 Å². The molecule has 0 bridgehead atoms. The number of nitrogens with one attached hydrogen (secondary N) is 3. The number of hydrogen-bond acceptors (Lipinski definition) is 4. The Labute approximate surface area is 143 Å². The van der Waals surface area contributed by atoms with Crippen LogP contribution in [0.2, 0.25) is 0 Å². The molecule has 0 atom stereocenters. The summed E-state index contributed by atoms with van der Waals surface area (Å²) in [6, 6.07) is 6.96. The zero-order chi connectivity index (χ0) is 17.2. The fourth-order valence-electron chi connectivity index (χ4n) is 1.78. The van der Waals surface area contributed by atoms with Crippen LogP contribution >= 0.6 is 12.2 Å². The molecule has 1 aromatic carbocycles. The van der Waals surface area contributed by atoms with E-state index in [-0.39, 0.29) is 12.0 Å². The molecule has 0 heterocycles. The molecule has 3 N–H and O–H groups in total.